The molecule has 4 atom stereocenters. The van der Waals surface area contributed by atoms with Crippen LogP contribution in [0.3, 0.4) is 0 Å². The number of amides is 3. The zero-order chi connectivity index (χ0) is 20.8. The summed E-state index contributed by atoms with van der Waals surface area (Å²) in [5.41, 5.74) is 0.232. The Morgan fingerprint density at radius 1 is 1.07 bits per heavy atom. The molecule has 0 radical (unpaired) electrons. The van der Waals surface area contributed by atoms with E-state index < -0.39 is 29.1 Å². The third-order valence-corrected chi connectivity index (χ3v) is 7.38. The van der Waals surface area contributed by atoms with Crippen molar-refractivity contribution < 1.29 is 18.8 Å². The lowest BCUT2D eigenvalue weighted by molar-refractivity contribution is -0.135. The molecule has 0 aromatic heterocycles. The molecule has 0 unspecified atom stereocenters. The highest BCUT2D eigenvalue weighted by molar-refractivity contribution is 6.35. The topological polar surface area (TPSA) is 69.7 Å². The molecule has 1 N–H and O–H groups in total. The number of fused-ring (bicyclic) bond motifs is 7. The molecule has 6 rings (SSSR count). The summed E-state index contributed by atoms with van der Waals surface area (Å²) < 4.78 is 13.4. The molecule has 152 valence electrons. The standard InChI is InChI=1S/C22H17ClFN3O3/c23-14-4-1-3-13-18(14)25-21(30)22(13)17-16(15-5-2-10-26(15)22)19(28)27(20(17)29)12-8-6-11(24)7-9-12/h1,3-4,6-9,15-17H,2,5,10H2,(H,25,30)/t15-,16+,17+,22+/m0/s1. The maximum absolute atomic E-state index is 13.7. The molecule has 4 heterocycles. The van der Waals surface area contributed by atoms with Gasteiger partial charge in [0.15, 0.2) is 0 Å². The lowest BCUT2D eigenvalue weighted by Gasteiger charge is -2.36. The van der Waals surface area contributed by atoms with Gasteiger partial charge < -0.3 is 5.32 Å². The molecule has 0 saturated carbocycles. The number of nitrogens with zero attached hydrogens (tertiary/aromatic N) is 2. The van der Waals surface area contributed by atoms with Crippen LogP contribution in [0.25, 0.3) is 0 Å². The summed E-state index contributed by atoms with van der Waals surface area (Å²) >= 11 is 6.36. The van der Waals surface area contributed by atoms with Gasteiger partial charge in [-0.15, -0.1) is 0 Å². The zero-order valence-corrected chi connectivity index (χ0v) is 16.5. The van der Waals surface area contributed by atoms with E-state index in [-0.39, 0.29) is 17.9 Å². The highest BCUT2D eigenvalue weighted by Crippen LogP contribution is 2.61. The van der Waals surface area contributed by atoms with Crippen LogP contribution < -0.4 is 10.2 Å². The molecule has 0 bridgehead atoms. The van der Waals surface area contributed by atoms with Gasteiger partial charge in [0, 0.05) is 11.6 Å². The summed E-state index contributed by atoms with van der Waals surface area (Å²) in [6.45, 7) is 0.633. The molecule has 1 spiro atoms. The van der Waals surface area contributed by atoms with Crippen molar-refractivity contribution in [3.8, 4) is 0 Å². The van der Waals surface area contributed by atoms with Gasteiger partial charge in [0.1, 0.15) is 11.4 Å². The number of rotatable bonds is 1. The highest BCUT2D eigenvalue weighted by Gasteiger charge is 2.74. The molecule has 3 fully saturated rings. The van der Waals surface area contributed by atoms with Crippen LogP contribution in [0.4, 0.5) is 15.8 Å². The monoisotopic (exact) mass is 425 g/mol. The fourth-order valence-electron chi connectivity index (χ4n) is 6.04. The van der Waals surface area contributed by atoms with Crippen LogP contribution in [0.1, 0.15) is 18.4 Å². The second-order valence-electron chi connectivity index (χ2n) is 8.28. The molecular formula is C22H17ClFN3O3. The minimum absolute atomic E-state index is 0.201. The molecule has 2 aromatic carbocycles. The van der Waals surface area contributed by atoms with Crippen molar-refractivity contribution in [1.29, 1.82) is 0 Å². The minimum atomic E-state index is -1.26. The Morgan fingerprint density at radius 3 is 2.60 bits per heavy atom. The first kappa shape index (κ1) is 18.0. The molecule has 6 nitrogen and oxygen atoms in total. The van der Waals surface area contributed by atoms with Gasteiger partial charge in [0.25, 0.3) is 5.91 Å². The third kappa shape index (κ3) is 1.95. The Balaban J connectivity index is 1.56. The number of carbonyl (C=O) groups excluding carboxylic acids is 3. The third-order valence-electron chi connectivity index (χ3n) is 7.06. The summed E-state index contributed by atoms with van der Waals surface area (Å²) in [5, 5.41) is 3.28. The minimum Gasteiger partial charge on any atom is -0.323 e. The molecule has 30 heavy (non-hydrogen) atoms. The van der Waals surface area contributed by atoms with E-state index in [1.165, 1.54) is 24.3 Å². The van der Waals surface area contributed by atoms with E-state index in [0.717, 1.165) is 17.7 Å². The second-order valence-corrected chi connectivity index (χ2v) is 8.68. The van der Waals surface area contributed by atoms with Crippen LogP contribution in [0.2, 0.25) is 5.02 Å². The lowest BCUT2D eigenvalue weighted by Crippen LogP contribution is -2.54. The smallest absolute Gasteiger partial charge is 0.250 e. The lowest BCUT2D eigenvalue weighted by atomic mass is 9.75. The summed E-state index contributed by atoms with van der Waals surface area (Å²) in [6, 6.07) is 10.4. The van der Waals surface area contributed by atoms with Crippen molar-refractivity contribution in [3.63, 3.8) is 0 Å². The van der Waals surface area contributed by atoms with Gasteiger partial charge in [0.05, 0.1) is 28.2 Å². The first-order valence-corrected chi connectivity index (χ1v) is 10.3. The first-order chi connectivity index (χ1) is 14.5. The van der Waals surface area contributed by atoms with Crippen LogP contribution in [-0.2, 0) is 19.9 Å². The van der Waals surface area contributed by atoms with Crippen LogP contribution in [0, 0.1) is 17.7 Å². The number of imide groups is 1. The van der Waals surface area contributed by atoms with Gasteiger partial charge in [-0.3, -0.25) is 19.3 Å². The number of halogens is 2. The van der Waals surface area contributed by atoms with E-state index in [1.807, 2.05) is 11.0 Å². The number of hydrogen-bond acceptors (Lipinski definition) is 4. The van der Waals surface area contributed by atoms with Gasteiger partial charge in [-0.2, -0.15) is 0 Å². The maximum Gasteiger partial charge on any atom is 0.250 e. The van der Waals surface area contributed by atoms with E-state index in [1.54, 1.807) is 12.1 Å². The van der Waals surface area contributed by atoms with Crippen LogP contribution in [0.15, 0.2) is 42.5 Å². The molecule has 3 saturated heterocycles. The second kappa shape index (κ2) is 5.89. The van der Waals surface area contributed by atoms with Crippen LogP contribution in [0.5, 0.6) is 0 Å². The zero-order valence-electron chi connectivity index (χ0n) is 15.8. The van der Waals surface area contributed by atoms with Gasteiger partial charge in [-0.1, -0.05) is 23.7 Å². The summed E-state index contributed by atoms with van der Waals surface area (Å²) in [7, 11) is 0. The fraction of sp³-hybridized carbons (Fsp3) is 0.318. The molecule has 4 aliphatic heterocycles. The van der Waals surface area contributed by atoms with Gasteiger partial charge in [-0.05, 0) is 49.7 Å². The maximum atomic E-state index is 13.7. The largest absolute Gasteiger partial charge is 0.323 e. The molecule has 0 aliphatic carbocycles. The fourth-order valence-corrected chi connectivity index (χ4v) is 6.26. The summed E-state index contributed by atoms with van der Waals surface area (Å²) in [6.07, 6.45) is 1.58. The Hall–Kier alpha value is -2.77. The molecular weight excluding hydrogens is 409 g/mol. The summed E-state index contributed by atoms with van der Waals surface area (Å²) in [5.74, 6) is -2.98. The average Bonchev–Trinajstić information content (AvgIpc) is 3.42. The average molecular weight is 426 g/mol. The molecule has 3 amide bonds. The van der Waals surface area contributed by atoms with Crippen LogP contribution >= 0.6 is 11.6 Å². The van der Waals surface area contributed by atoms with Crippen molar-refractivity contribution in [2.45, 2.75) is 24.4 Å². The first-order valence-electron chi connectivity index (χ1n) is 9.97. The Labute approximate surface area is 176 Å². The number of carbonyl (C=O) groups is 3. The van der Waals surface area contributed by atoms with E-state index in [4.69, 9.17) is 11.6 Å². The van der Waals surface area contributed by atoms with Crippen molar-refractivity contribution >= 4 is 40.7 Å². The number of nitrogens with one attached hydrogen (secondary N) is 1. The normalized spacial score (nSPS) is 32.0. The highest BCUT2D eigenvalue weighted by atomic mass is 35.5. The van der Waals surface area contributed by atoms with Crippen LogP contribution in [-0.4, -0.2) is 35.2 Å². The molecule has 2 aromatic rings. The molecule has 4 aliphatic rings. The SMILES string of the molecule is O=C1[C@@H]2[C@@H]3CCCN3[C@@]3(C(=O)Nc4c(Cl)cccc43)[C@H]2C(=O)N1c1ccc(F)cc1. The number of para-hydroxylation sites is 1. The van der Waals surface area contributed by atoms with E-state index >= 15 is 0 Å². The van der Waals surface area contributed by atoms with E-state index in [0.29, 0.717) is 28.5 Å². The molecule has 8 heteroatoms. The predicted molar refractivity (Wildman–Crippen MR) is 107 cm³/mol. The van der Waals surface area contributed by atoms with Crippen molar-refractivity contribution in [2.75, 3.05) is 16.8 Å². The Morgan fingerprint density at radius 2 is 1.83 bits per heavy atom. The van der Waals surface area contributed by atoms with Crippen molar-refractivity contribution in [1.82, 2.24) is 4.90 Å². The van der Waals surface area contributed by atoms with Crippen molar-refractivity contribution in [2.24, 2.45) is 11.8 Å². The van der Waals surface area contributed by atoms with Gasteiger partial charge >= 0.3 is 0 Å². The van der Waals surface area contributed by atoms with Gasteiger partial charge in [-0.25, -0.2) is 9.29 Å². The number of benzene rings is 2. The Kier molecular flexibility index (Phi) is 3.54. The quantitative estimate of drug-likeness (QED) is 0.713. The summed E-state index contributed by atoms with van der Waals surface area (Å²) in [4.78, 5) is 43.8. The Bertz CT molecular complexity index is 1140. The predicted octanol–water partition coefficient (Wildman–Crippen LogP) is 2.91. The van der Waals surface area contributed by atoms with Crippen molar-refractivity contribution in [3.05, 3.63) is 58.9 Å². The van der Waals surface area contributed by atoms with E-state index in [2.05, 4.69) is 5.32 Å². The number of anilines is 2. The van der Waals surface area contributed by atoms with Gasteiger partial charge in [0.2, 0.25) is 11.8 Å². The van der Waals surface area contributed by atoms with E-state index in [9.17, 15) is 18.8 Å². The number of hydrogen-bond donors (Lipinski definition) is 1.